The van der Waals surface area contributed by atoms with Crippen LogP contribution in [0, 0.1) is 0 Å². The Hall–Kier alpha value is -1.97. The molecule has 2 amide bonds. The summed E-state index contributed by atoms with van der Waals surface area (Å²) in [5, 5.41) is 5.72. The van der Waals surface area contributed by atoms with Crippen LogP contribution in [0.25, 0.3) is 0 Å². The number of hydrogen-bond donors (Lipinski definition) is 3. The lowest BCUT2D eigenvalue weighted by Crippen LogP contribution is -2.57. The number of amides is 2. The average molecular weight is 380 g/mol. The summed E-state index contributed by atoms with van der Waals surface area (Å²) in [4.78, 5) is 26.3. The third-order valence-electron chi connectivity index (χ3n) is 4.77. The lowest BCUT2D eigenvalue weighted by atomic mass is 10.0. The van der Waals surface area contributed by atoms with Crippen LogP contribution in [0.4, 0.5) is 5.69 Å². The number of benzene rings is 1. The van der Waals surface area contributed by atoms with Gasteiger partial charge in [-0.3, -0.25) is 14.5 Å². The van der Waals surface area contributed by atoms with Crippen LogP contribution < -0.4 is 15.4 Å². The van der Waals surface area contributed by atoms with Gasteiger partial charge in [-0.05, 0) is 25.0 Å². The number of rotatable bonds is 6. The summed E-state index contributed by atoms with van der Waals surface area (Å²) < 4.78 is 25.5. The summed E-state index contributed by atoms with van der Waals surface area (Å²) in [6, 6.07) is 8.66. The van der Waals surface area contributed by atoms with Gasteiger partial charge in [-0.15, -0.1) is 0 Å². The molecule has 1 aromatic rings. The molecule has 8 nitrogen and oxygen atoms in total. The third kappa shape index (κ3) is 4.80. The van der Waals surface area contributed by atoms with Crippen molar-refractivity contribution in [3.63, 3.8) is 0 Å². The molecule has 0 radical (unpaired) electrons. The van der Waals surface area contributed by atoms with Crippen LogP contribution in [0.1, 0.15) is 19.3 Å². The first-order valence-electron chi connectivity index (χ1n) is 8.67. The minimum Gasteiger partial charge on any atom is -0.353 e. The van der Waals surface area contributed by atoms with E-state index < -0.39 is 10.0 Å². The molecule has 2 heterocycles. The van der Waals surface area contributed by atoms with Gasteiger partial charge in [0.2, 0.25) is 21.8 Å². The first-order chi connectivity index (χ1) is 12.3. The topological polar surface area (TPSA) is 108 Å². The molecule has 0 saturated carbocycles. The molecule has 9 heteroatoms. The second-order valence-electron chi connectivity index (χ2n) is 6.89. The molecule has 0 bridgehead atoms. The highest BCUT2D eigenvalue weighted by molar-refractivity contribution is 7.88. The largest absolute Gasteiger partial charge is 0.353 e. The summed E-state index contributed by atoms with van der Waals surface area (Å²) in [5.41, 5.74) is 0.755. The fraction of sp³-hybridized carbons (Fsp3) is 0.529. The van der Waals surface area contributed by atoms with E-state index in [0.717, 1.165) is 11.9 Å². The summed E-state index contributed by atoms with van der Waals surface area (Å²) in [5.74, 6) is -0.151. The number of piperazine rings is 1. The molecule has 2 aliphatic heterocycles. The van der Waals surface area contributed by atoms with E-state index in [2.05, 4.69) is 15.4 Å². The Morgan fingerprint density at radius 1 is 1.31 bits per heavy atom. The third-order valence-corrected chi connectivity index (χ3v) is 5.53. The van der Waals surface area contributed by atoms with E-state index in [0.29, 0.717) is 32.4 Å². The van der Waals surface area contributed by atoms with Crippen LogP contribution >= 0.6 is 0 Å². The van der Waals surface area contributed by atoms with E-state index in [9.17, 15) is 18.0 Å². The summed E-state index contributed by atoms with van der Waals surface area (Å²) in [6.07, 6.45) is 2.51. The molecule has 2 saturated heterocycles. The molecule has 3 rings (SSSR count). The molecule has 3 atom stereocenters. The predicted molar refractivity (Wildman–Crippen MR) is 98.0 cm³/mol. The quantitative estimate of drug-likeness (QED) is 0.639. The lowest BCUT2D eigenvalue weighted by Gasteiger charge is -2.37. The second-order valence-corrected chi connectivity index (χ2v) is 8.67. The van der Waals surface area contributed by atoms with Gasteiger partial charge in [0.05, 0.1) is 12.3 Å². The predicted octanol–water partition coefficient (Wildman–Crippen LogP) is -0.104. The Labute approximate surface area is 153 Å². The van der Waals surface area contributed by atoms with E-state index in [1.165, 1.54) is 0 Å². The average Bonchev–Trinajstić information content (AvgIpc) is 2.98. The second kappa shape index (κ2) is 7.73. The van der Waals surface area contributed by atoms with Crippen LogP contribution in [0.3, 0.4) is 0 Å². The highest BCUT2D eigenvalue weighted by Gasteiger charge is 2.43. The first-order valence-corrected chi connectivity index (χ1v) is 10.6. The highest BCUT2D eigenvalue weighted by Crippen LogP contribution is 2.26. The van der Waals surface area contributed by atoms with Gasteiger partial charge in [-0.1, -0.05) is 18.2 Å². The fourth-order valence-electron chi connectivity index (χ4n) is 3.67. The van der Waals surface area contributed by atoms with Gasteiger partial charge in [-0.25, -0.2) is 13.1 Å². The number of carbonyl (C=O) groups is 2. The van der Waals surface area contributed by atoms with Gasteiger partial charge in [0, 0.05) is 37.3 Å². The maximum Gasteiger partial charge on any atom is 0.237 e. The molecule has 3 N–H and O–H groups in total. The van der Waals surface area contributed by atoms with Gasteiger partial charge < -0.3 is 10.6 Å². The van der Waals surface area contributed by atoms with Crippen LogP contribution in [-0.2, 0) is 19.6 Å². The molecular weight excluding hydrogens is 356 g/mol. The molecule has 0 aliphatic carbocycles. The van der Waals surface area contributed by atoms with Gasteiger partial charge in [0.15, 0.2) is 0 Å². The van der Waals surface area contributed by atoms with Crippen molar-refractivity contribution < 1.29 is 18.0 Å². The standard InChI is InChI=1S/C17H24N4O4S/c1-26(24,25)20-13-9-15-17(23)18-10-14(21(15)11-13)7-8-16(22)19-12-5-3-2-4-6-12/h2-6,13-15,20H,7-11H2,1H3,(H,18,23)(H,19,22)/t13-,14-,15+/m1/s1. The molecule has 2 fully saturated rings. The molecule has 0 unspecified atom stereocenters. The van der Waals surface area contributed by atoms with Crippen LogP contribution in [0.5, 0.6) is 0 Å². The van der Waals surface area contributed by atoms with E-state index in [1.54, 1.807) is 0 Å². The zero-order valence-electron chi connectivity index (χ0n) is 14.6. The van der Waals surface area contributed by atoms with Gasteiger partial charge in [0.1, 0.15) is 0 Å². The fourth-order valence-corrected chi connectivity index (χ4v) is 4.45. The normalized spacial score (nSPS) is 26.2. The number of para-hydroxylation sites is 1. The molecule has 0 aromatic heterocycles. The summed E-state index contributed by atoms with van der Waals surface area (Å²) in [7, 11) is -3.32. The number of sulfonamides is 1. The number of carbonyl (C=O) groups excluding carboxylic acids is 2. The summed E-state index contributed by atoms with van der Waals surface area (Å²) in [6.45, 7) is 0.954. The van der Waals surface area contributed by atoms with Crippen molar-refractivity contribution >= 4 is 27.5 Å². The number of hydrogen-bond acceptors (Lipinski definition) is 5. The van der Waals surface area contributed by atoms with Crippen LogP contribution in [0.15, 0.2) is 30.3 Å². The Bertz CT molecular complexity index is 768. The van der Waals surface area contributed by atoms with Gasteiger partial charge in [0.25, 0.3) is 0 Å². The van der Waals surface area contributed by atoms with E-state index in [1.807, 2.05) is 35.2 Å². The number of fused-ring (bicyclic) bond motifs is 1. The van der Waals surface area contributed by atoms with Crippen molar-refractivity contribution in [2.45, 2.75) is 37.4 Å². The SMILES string of the molecule is CS(=O)(=O)N[C@@H]1C[C@H]2C(=O)NC[C@@H](CCC(=O)Nc3ccccc3)N2C1. The smallest absolute Gasteiger partial charge is 0.237 e. The molecular formula is C17H24N4O4S. The Morgan fingerprint density at radius 3 is 2.73 bits per heavy atom. The van der Waals surface area contributed by atoms with Crippen molar-refractivity contribution in [2.75, 3.05) is 24.7 Å². The molecule has 1 aromatic carbocycles. The van der Waals surface area contributed by atoms with E-state index >= 15 is 0 Å². The van der Waals surface area contributed by atoms with Crippen LogP contribution in [-0.4, -0.2) is 62.6 Å². The van der Waals surface area contributed by atoms with Gasteiger partial charge >= 0.3 is 0 Å². The van der Waals surface area contributed by atoms with Crippen molar-refractivity contribution in [1.82, 2.24) is 14.9 Å². The minimum atomic E-state index is -3.32. The van der Waals surface area contributed by atoms with Crippen molar-refractivity contribution in [3.8, 4) is 0 Å². The van der Waals surface area contributed by atoms with Crippen LogP contribution in [0.2, 0.25) is 0 Å². The molecule has 142 valence electrons. The highest BCUT2D eigenvalue weighted by atomic mass is 32.2. The van der Waals surface area contributed by atoms with Gasteiger partial charge in [-0.2, -0.15) is 0 Å². The first kappa shape index (κ1) is 18.8. The number of nitrogens with one attached hydrogen (secondary N) is 3. The Balaban J connectivity index is 1.56. The maximum absolute atomic E-state index is 12.2. The zero-order valence-corrected chi connectivity index (χ0v) is 15.5. The molecule has 2 aliphatic rings. The summed E-state index contributed by atoms with van der Waals surface area (Å²) >= 11 is 0. The minimum absolute atomic E-state index is 0.0191. The number of anilines is 1. The zero-order chi connectivity index (χ0) is 18.7. The number of nitrogens with zero attached hydrogens (tertiary/aromatic N) is 1. The van der Waals surface area contributed by atoms with E-state index in [-0.39, 0.29) is 29.9 Å². The molecule has 0 spiro atoms. The lowest BCUT2D eigenvalue weighted by molar-refractivity contribution is -0.129. The van der Waals surface area contributed by atoms with E-state index in [4.69, 9.17) is 0 Å². The van der Waals surface area contributed by atoms with Crippen molar-refractivity contribution in [3.05, 3.63) is 30.3 Å². The molecule has 26 heavy (non-hydrogen) atoms. The maximum atomic E-state index is 12.2. The van der Waals surface area contributed by atoms with Crippen molar-refractivity contribution in [1.29, 1.82) is 0 Å². The van der Waals surface area contributed by atoms with Crippen molar-refractivity contribution in [2.24, 2.45) is 0 Å². The monoisotopic (exact) mass is 380 g/mol. The Kier molecular flexibility index (Phi) is 5.59. The Morgan fingerprint density at radius 2 is 2.04 bits per heavy atom.